The summed E-state index contributed by atoms with van der Waals surface area (Å²) in [5, 5.41) is 6.31. The highest BCUT2D eigenvalue weighted by Gasteiger charge is 2.20. The molecule has 0 aromatic heterocycles. The first-order valence-corrected chi connectivity index (χ1v) is 9.44. The molecule has 136 valence electrons. The molecule has 2 amide bonds. The van der Waals surface area contributed by atoms with Crippen molar-refractivity contribution in [3.63, 3.8) is 0 Å². The first-order valence-electron chi connectivity index (χ1n) is 9.06. The summed E-state index contributed by atoms with van der Waals surface area (Å²) >= 11 is 6.06. The molecule has 0 aliphatic heterocycles. The van der Waals surface area contributed by atoms with Gasteiger partial charge in [-0.05, 0) is 42.7 Å². The Hall–Kier alpha value is -2.33. The summed E-state index contributed by atoms with van der Waals surface area (Å²) in [6.07, 6.45) is 5.52. The molecule has 2 N–H and O–H groups in total. The molecule has 1 fully saturated rings. The number of rotatable bonds is 5. The Bertz CT molecular complexity index is 768. The maximum atomic E-state index is 12.3. The fourth-order valence-electron chi connectivity index (χ4n) is 3.23. The minimum Gasteiger partial charge on any atom is -0.352 e. The molecule has 2 aromatic carbocycles. The average molecular weight is 371 g/mol. The molecule has 26 heavy (non-hydrogen) atoms. The van der Waals surface area contributed by atoms with Crippen LogP contribution in [0, 0.1) is 5.92 Å². The van der Waals surface area contributed by atoms with Crippen LogP contribution in [0.1, 0.15) is 48.0 Å². The third kappa shape index (κ3) is 4.85. The van der Waals surface area contributed by atoms with Crippen molar-refractivity contribution in [1.82, 2.24) is 5.32 Å². The van der Waals surface area contributed by atoms with E-state index in [1.807, 2.05) is 24.3 Å². The van der Waals surface area contributed by atoms with E-state index in [9.17, 15) is 9.59 Å². The van der Waals surface area contributed by atoms with Gasteiger partial charge < -0.3 is 10.6 Å². The zero-order valence-corrected chi connectivity index (χ0v) is 15.4. The van der Waals surface area contributed by atoms with Crippen LogP contribution in [0.4, 0.5) is 5.69 Å². The van der Waals surface area contributed by atoms with Crippen LogP contribution in [0.3, 0.4) is 0 Å². The number of halogens is 1. The van der Waals surface area contributed by atoms with E-state index in [0.717, 1.165) is 31.2 Å². The fourth-order valence-corrected chi connectivity index (χ4v) is 3.41. The SMILES string of the molecule is O=C(Nc1ccccc1Cl)c1ccc(CNC(=O)C2CCCCC2)cc1. The van der Waals surface area contributed by atoms with Gasteiger partial charge >= 0.3 is 0 Å². The van der Waals surface area contributed by atoms with Crippen LogP contribution in [0.15, 0.2) is 48.5 Å². The number of amides is 2. The van der Waals surface area contributed by atoms with Crippen molar-refractivity contribution in [2.24, 2.45) is 5.92 Å². The lowest BCUT2D eigenvalue weighted by Gasteiger charge is -2.20. The van der Waals surface area contributed by atoms with E-state index in [0.29, 0.717) is 22.8 Å². The summed E-state index contributed by atoms with van der Waals surface area (Å²) in [6.45, 7) is 0.488. The normalized spacial score (nSPS) is 14.7. The van der Waals surface area contributed by atoms with Gasteiger partial charge in [-0.1, -0.05) is 55.1 Å². The van der Waals surface area contributed by atoms with Gasteiger partial charge in [0.05, 0.1) is 10.7 Å². The second-order valence-electron chi connectivity index (χ2n) is 6.68. The summed E-state index contributed by atoms with van der Waals surface area (Å²) in [4.78, 5) is 24.5. The topological polar surface area (TPSA) is 58.2 Å². The largest absolute Gasteiger partial charge is 0.352 e. The van der Waals surface area contributed by atoms with Crippen molar-refractivity contribution < 1.29 is 9.59 Å². The van der Waals surface area contributed by atoms with Crippen LogP contribution in [0.25, 0.3) is 0 Å². The molecule has 0 saturated heterocycles. The first kappa shape index (κ1) is 18.5. The Morgan fingerprint density at radius 3 is 2.35 bits per heavy atom. The molecule has 1 aliphatic rings. The van der Waals surface area contributed by atoms with Crippen LogP contribution < -0.4 is 10.6 Å². The lowest BCUT2D eigenvalue weighted by molar-refractivity contribution is -0.126. The Balaban J connectivity index is 1.53. The molecule has 3 rings (SSSR count). The molecular weight excluding hydrogens is 348 g/mol. The van der Waals surface area contributed by atoms with Crippen molar-refractivity contribution in [1.29, 1.82) is 0 Å². The predicted octanol–water partition coefficient (Wildman–Crippen LogP) is 4.79. The number of hydrogen-bond acceptors (Lipinski definition) is 2. The lowest BCUT2D eigenvalue weighted by Crippen LogP contribution is -2.31. The van der Waals surface area contributed by atoms with Crippen molar-refractivity contribution in [2.75, 3.05) is 5.32 Å². The maximum absolute atomic E-state index is 12.3. The van der Waals surface area contributed by atoms with Gasteiger partial charge in [-0.2, -0.15) is 0 Å². The van der Waals surface area contributed by atoms with Gasteiger partial charge in [0.1, 0.15) is 0 Å². The molecular formula is C21H23ClN2O2. The lowest BCUT2D eigenvalue weighted by atomic mass is 9.88. The van der Waals surface area contributed by atoms with Crippen LogP contribution in [0.5, 0.6) is 0 Å². The van der Waals surface area contributed by atoms with Gasteiger partial charge in [-0.25, -0.2) is 0 Å². The number of carbonyl (C=O) groups excluding carboxylic acids is 2. The zero-order valence-electron chi connectivity index (χ0n) is 14.6. The molecule has 1 saturated carbocycles. The molecule has 0 unspecified atom stereocenters. The highest BCUT2D eigenvalue weighted by atomic mass is 35.5. The Kier molecular flexibility index (Phi) is 6.29. The summed E-state index contributed by atoms with van der Waals surface area (Å²) in [6, 6.07) is 14.4. The van der Waals surface area contributed by atoms with Crippen molar-refractivity contribution in [3.8, 4) is 0 Å². The van der Waals surface area contributed by atoms with Crippen molar-refractivity contribution in [3.05, 3.63) is 64.7 Å². The molecule has 4 nitrogen and oxygen atoms in total. The number of nitrogens with one attached hydrogen (secondary N) is 2. The maximum Gasteiger partial charge on any atom is 0.255 e. The van der Waals surface area contributed by atoms with E-state index < -0.39 is 0 Å². The smallest absolute Gasteiger partial charge is 0.255 e. The number of anilines is 1. The van der Waals surface area contributed by atoms with Crippen LogP contribution >= 0.6 is 11.6 Å². The number of para-hydroxylation sites is 1. The Morgan fingerprint density at radius 1 is 0.962 bits per heavy atom. The van der Waals surface area contributed by atoms with E-state index in [2.05, 4.69) is 10.6 Å². The zero-order chi connectivity index (χ0) is 18.4. The van der Waals surface area contributed by atoms with Gasteiger partial charge in [-0.15, -0.1) is 0 Å². The minimum absolute atomic E-state index is 0.144. The third-order valence-corrected chi connectivity index (χ3v) is 5.11. The van der Waals surface area contributed by atoms with E-state index in [4.69, 9.17) is 11.6 Å². The summed E-state index contributed by atoms with van der Waals surface area (Å²) < 4.78 is 0. The summed E-state index contributed by atoms with van der Waals surface area (Å²) in [5.41, 5.74) is 2.11. The average Bonchev–Trinajstić information content (AvgIpc) is 2.69. The van der Waals surface area contributed by atoms with E-state index in [1.54, 1.807) is 24.3 Å². The van der Waals surface area contributed by atoms with Gasteiger partial charge in [0.15, 0.2) is 0 Å². The second-order valence-corrected chi connectivity index (χ2v) is 7.09. The molecule has 0 bridgehead atoms. The van der Waals surface area contributed by atoms with Gasteiger partial charge in [0.2, 0.25) is 5.91 Å². The van der Waals surface area contributed by atoms with Crippen LogP contribution in [0.2, 0.25) is 5.02 Å². The molecule has 2 aromatic rings. The fraction of sp³-hybridized carbons (Fsp3) is 0.333. The summed E-state index contributed by atoms with van der Waals surface area (Å²) in [7, 11) is 0. The third-order valence-electron chi connectivity index (χ3n) is 4.78. The molecule has 0 radical (unpaired) electrons. The molecule has 5 heteroatoms. The molecule has 0 heterocycles. The molecule has 1 aliphatic carbocycles. The molecule has 0 atom stereocenters. The second kappa shape index (κ2) is 8.86. The van der Waals surface area contributed by atoms with Gasteiger partial charge in [0.25, 0.3) is 5.91 Å². The standard InChI is InChI=1S/C21H23ClN2O2/c22-18-8-4-5-9-19(18)24-21(26)17-12-10-15(11-13-17)14-23-20(25)16-6-2-1-3-7-16/h4-5,8-13,16H,1-3,6-7,14H2,(H,23,25)(H,24,26). The number of hydrogen-bond donors (Lipinski definition) is 2. The quantitative estimate of drug-likeness (QED) is 0.795. The van der Waals surface area contributed by atoms with E-state index >= 15 is 0 Å². The van der Waals surface area contributed by atoms with E-state index in [-0.39, 0.29) is 17.7 Å². The number of carbonyl (C=O) groups is 2. The van der Waals surface area contributed by atoms with Crippen LogP contribution in [-0.2, 0) is 11.3 Å². The minimum atomic E-state index is -0.212. The first-order chi connectivity index (χ1) is 12.6. The highest BCUT2D eigenvalue weighted by molar-refractivity contribution is 6.33. The Morgan fingerprint density at radius 2 is 1.65 bits per heavy atom. The summed E-state index contributed by atoms with van der Waals surface area (Å²) in [5.74, 6) is 0.0885. The monoisotopic (exact) mass is 370 g/mol. The van der Waals surface area contributed by atoms with Crippen molar-refractivity contribution in [2.45, 2.75) is 38.6 Å². The number of benzene rings is 2. The predicted molar refractivity (Wildman–Crippen MR) is 104 cm³/mol. The Labute approximate surface area is 158 Å². The van der Waals surface area contributed by atoms with Gasteiger partial charge in [-0.3, -0.25) is 9.59 Å². The van der Waals surface area contributed by atoms with Gasteiger partial charge in [0, 0.05) is 18.0 Å². The van der Waals surface area contributed by atoms with E-state index in [1.165, 1.54) is 6.42 Å². The van der Waals surface area contributed by atoms with Crippen LogP contribution in [-0.4, -0.2) is 11.8 Å². The van der Waals surface area contributed by atoms with Crippen molar-refractivity contribution >= 4 is 29.1 Å². The molecule has 0 spiro atoms. The highest BCUT2D eigenvalue weighted by Crippen LogP contribution is 2.24.